The molecule has 2 aromatic rings. The molecule has 0 saturated heterocycles. The van der Waals surface area contributed by atoms with E-state index < -0.39 is 0 Å². The Hall–Kier alpha value is -3.10. The first-order valence-electron chi connectivity index (χ1n) is 9.30. The molecule has 0 aromatic carbocycles. The third-order valence-electron chi connectivity index (χ3n) is 4.71. The predicted molar refractivity (Wildman–Crippen MR) is 102 cm³/mol. The van der Waals surface area contributed by atoms with Crippen molar-refractivity contribution in [2.75, 3.05) is 11.4 Å². The largest absolute Gasteiger partial charge is 0.488 e. The van der Waals surface area contributed by atoms with Crippen molar-refractivity contribution < 1.29 is 9.13 Å². The van der Waals surface area contributed by atoms with Crippen LogP contribution in [-0.4, -0.2) is 43.1 Å². The highest BCUT2D eigenvalue weighted by Crippen LogP contribution is 2.29. The summed E-state index contributed by atoms with van der Waals surface area (Å²) in [6.07, 6.45) is 5.18. The van der Waals surface area contributed by atoms with Crippen molar-refractivity contribution >= 4 is 11.5 Å². The zero-order valence-electron chi connectivity index (χ0n) is 15.9. The molecular weight excluding hydrogens is 361 g/mol. The number of anilines is 1. The van der Waals surface area contributed by atoms with E-state index in [1.807, 2.05) is 18.5 Å². The Labute approximate surface area is 162 Å². The van der Waals surface area contributed by atoms with Crippen LogP contribution in [0.15, 0.2) is 42.0 Å². The summed E-state index contributed by atoms with van der Waals surface area (Å²) in [4.78, 5) is 15.0. The van der Waals surface area contributed by atoms with Crippen LogP contribution in [0.1, 0.15) is 38.2 Å². The van der Waals surface area contributed by atoms with Gasteiger partial charge in [0.2, 0.25) is 0 Å². The standard InChI is InChI=1S/C19H22FN7O/c1-12(2)28-16-7-13(3-4-14(16)20)19(21)15-8-17(23-10-22-15)26-5-6-27-18(9-26)24-11-25-27/h7-8,10-12,21H,3-6,9H2,1-2H3. The van der Waals surface area contributed by atoms with E-state index in [1.165, 1.54) is 6.33 Å². The van der Waals surface area contributed by atoms with Crippen molar-refractivity contribution in [3.8, 4) is 0 Å². The van der Waals surface area contributed by atoms with Gasteiger partial charge in [-0.05, 0) is 31.9 Å². The molecule has 0 bridgehead atoms. The Bertz CT molecular complexity index is 963. The van der Waals surface area contributed by atoms with Crippen molar-refractivity contribution in [1.29, 1.82) is 5.41 Å². The molecule has 3 heterocycles. The zero-order valence-corrected chi connectivity index (χ0v) is 15.9. The molecule has 0 amide bonds. The van der Waals surface area contributed by atoms with Crippen molar-refractivity contribution in [2.45, 2.75) is 45.9 Å². The lowest BCUT2D eigenvalue weighted by atomic mass is 9.96. The summed E-state index contributed by atoms with van der Waals surface area (Å²) in [5.74, 6) is 1.56. The molecule has 1 aliphatic carbocycles. The number of halogens is 1. The molecule has 2 aromatic heterocycles. The summed E-state index contributed by atoms with van der Waals surface area (Å²) in [6.45, 7) is 5.79. The Kier molecular flexibility index (Phi) is 4.89. The number of aromatic nitrogens is 5. The highest BCUT2D eigenvalue weighted by atomic mass is 19.1. The van der Waals surface area contributed by atoms with Gasteiger partial charge in [0.15, 0.2) is 5.76 Å². The Balaban J connectivity index is 1.55. The molecule has 0 atom stereocenters. The minimum Gasteiger partial charge on any atom is -0.488 e. The van der Waals surface area contributed by atoms with Crippen molar-refractivity contribution in [3.63, 3.8) is 0 Å². The number of nitrogens with zero attached hydrogens (tertiary/aromatic N) is 6. The number of allylic oxidation sites excluding steroid dienone is 3. The SMILES string of the molecule is CC(C)OC1=C(F)CCC(C(=N)c2cc(N3CCn4ncnc4C3)ncn2)=C1. The molecule has 0 saturated carbocycles. The van der Waals surface area contributed by atoms with Gasteiger partial charge >= 0.3 is 0 Å². The molecule has 0 unspecified atom stereocenters. The molecule has 146 valence electrons. The van der Waals surface area contributed by atoms with Crippen LogP contribution in [0.4, 0.5) is 10.2 Å². The van der Waals surface area contributed by atoms with E-state index in [1.54, 1.807) is 18.5 Å². The molecule has 1 aliphatic heterocycles. The summed E-state index contributed by atoms with van der Waals surface area (Å²) in [7, 11) is 0. The van der Waals surface area contributed by atoms with Crippen molar-refractivity contribution in [1.82, 2.24) is 24.7 Å². The molecule has 0 fully saturated rings. The molecule has 0 radical (unpaired) electrons. The second kappa shape index (κ2) is 7.49. The molecule has 9 heteroatoms. The van der Waals surface area contributed by atoms with E-state index in [0.717, 1.165) is 24.7 Å². The summed E-state index contributed by atoms with van der Waals surface area (Å²) >= 11 is 0. The average molecular weight is 383 g/mol. The highest BCUT2D eigenvalue weighted by Gasteiger charge is 2.22. The van der Waals surface area contributed by atoms with Gasteiger partial charge in [-0.3, -0.25) is 5.41 Å². The molecule has 8 nitrogen and oxygen atoms in total. The third kappa shape index (κ3) is 3.64. The van der Waals surface area contributed by atoms with Gasteiger partial charge in [-0.1, -0.05) is 0 Å². The van der Waals surface area contributed by atoms with Crippen LogP contribution in [0.2, 0.25) is 0 Å². The quantitative estimate of drug-likeness (QED) is 0.798. The van der Waals surface area contributed by atoms with E-state index in [4.69, 9.17) is 10.1 Å². The first-order valence-corrected chi connectivity index (χ1v) is 9.30. The van der Waals surface area contributed by atoms with E-state index in [2.05, 4.69) is 25.0 Å². The van der Waals surface area contributed by atoms with Crippen LogP contribution in [0.5, 0.6) is 0 Å². The lowest BCUT2D eigenvalue weighted by molar-refractivity contribution is 0.147. The highest BCUT2D eigenvalue weighted by molar-refractivity contribution is 6.10. The summed E-state index contributed by atoms with van der Waals surface area (Å²) in [5, 5.41) is 12.7. The molecule has 4 rings (SSSR count). The van der Waals surface area contributed by atoms with Crippen LogP contribution in [0, 0.1) is 5.41 Å². The van der Waals surface area contributed by atoms with Crippen molar-refractivity contribution in [2.24, 2.45) is 0 Å². The van der Waals surface area contributed by atoms with E-state index in [9.17, 15) is 4.39 Å². The van der Waals surface area contributed by atoms with E-state index in [-0.39, 0.29) is 29.8 Å². The first-order chi connectivity index (χ1) is 13.5. The van der Waals surface area contributed by atoms with Crippen molar-refractivity contribution in [3.05, 3.63) is 53.5 Å². The van der Waals surface area contributed by atoms with Gasteiger partial charge in [0, 0.05) is 19.0 Å². The number of hydrogen-bond acceptors (Lipinski definition) is 7. The number of fused-ring (bicyclic) bond motifs is 1. The molecule has 0 spiro atoms. The lowest BCUT2D eigenvalue weighted by Crippen LogP contribution is -2.35. The van der Waals surface area contributed by atoms with Gasteiger partial charge in [0.25, 0.3) is 0 Å². The topological polar surface area (TPSA) is 92.8 Å². The maximum Gasteiger partial charge on any atom is 0.151 e. The van der Waals surface area contributed by atoms with Crippen LogP contribution in [-0.2, 0) is 17.8 Å². The smallest absolute Gasteiger partial charge is 0.151 e. The Morgan fingerprint density at radius 3 is 2.86 bits per heavy atom. The number of hydrogen-bond donors (Lipinski definition) is 1. The van der Waals surface area contributed by atoms with Gasteiger partial charge in [-0.15, -0.1) is 0 Å². The molecular formula is C19H22FN7O. The van der Waals surface area contributed by atoms with Gasteiger partial charge < -0.3 is 9.64 Å². The minimum atomic E-state index is -0.272. The van der Waals surface area contributed by atoms with Gasteiger partial charge in [0.05, 0.1) is 30.6 Å². The Morgan fingerprint density at radius 1 is 1.18 bits per heavy atom. The first kappa shape index (κ1) is 18.3. The fraction of sp³-hybridized carbons (Fsp3) is 0.421. The second-order valence-corrected chi connectivity index (χ2v) is 7.06. The maximum atomic E-state index is 14.0. The summed E-state index contributed by atoms with van der Waals surface area (Å²) in [6, 6.07) is 1.80. The lowest BCUT2D eigenvalue weighted by Gasteiger charge is -2.27. The minimum absolute atomic E-state index is 0.127. The van der Waals surface area contributed by atoms with Crippen LogP contribution in [0.25, 0.3) is 0 Å². The molecule has 1 N–H and O–H groups in total. The summed E-state index contributed by atoms with van der Waals surface area (Å²) < 4.78 is 21.5. The molecule has 2 aliphatic rings. The summed E-state index contributed by atoms with van der Waals surface area (Å²) in [5.41, 5.74) is 1.48. The number of nitrogens with one attached hydrogen (secondary N) is 1. The van der Waals surface area contributed by atoms with Gasteiger partial charge in [0.1, 0.15) is 30.1 Å². The monoisotopic (exact) mass is 383 g/mol. The van der Waals surface area contributed by atoms with Crippen LogP contribution < -0.4 is 4.90 Å². The van der Waals surface area contributed by atoms with Crippen LogP contribution in [0.3, 0.4) is 0 Å². The predicted octanol–water partition coefficient (Wildman–Crippen LogP) is 2.78. The second-order valence-electron chi connectivity index (χ2n) is 7.06. The molecule has 28 heavy (non-hydrogen) atoms. The Morgan fingerprint density at radius 2 is 2.04 bits per heavy atom. The van der Waals surface area contributed by atoms with Crippen LogP contribution >= 0.6 is 0 Å². The van der Waals surface area contributed by atoms with E-state index in [0.29, 0.717) is 24.2 Å². The zero-order chi connectivity index (χ0) is 19.7. The van der Waals surface area contributed by atoms with Gasteiger partial charge in [-0.2, -0.15) is 5.10 Å². The normalized spacial score (nSPS) is 16.9. The fourth-order valence-electron chi connectivity index (χ4n) is 3.30. The fourth-order valence-corrected chi connectivity index (χ4v) is 3.30. The third-order valence-corrected chi connectivity index (χ3v) is 4.71. The number of rotatable bonds is 5. The average Bonchev–Trinajstić information content (AvgIpc) is 3.17. The van der Waals surface area contributed by atoms with Gasteiger partial charge in [-0.25, -0.2) is 24.0 Å². The maximum absolute atomic E-state index is 14.0. The van der Waals surface area contributed by atoms with E-state index >= 15 is 0 Å². The number of ether oxygens (including phenoxy) is 1.